The molecule has 5 nitrogen and oxygen atoms in total. The first-order valence-electron chi connectivity index (χ1n) is 10.9. The Bertz CT molecular complexity index is 1290. The summed E-state index contributed by atoms with van der Waals surface area (Å²) in [5, 5.41) is 3.51. The van der Waals surface area contributed by atoms with E-state index in [1.54, 1.807) is 6.07 Å². The molecule has 0 aliphatic carbocycles. The highest BCUT2D eigenvalue weighted by Gasteiger charge is 2.15. The summed E-state index contributed by atoms with van der Waals surface area (Å²) in [6.45, 7) is 3.54. The maximum atomic E-state index is 12.7. The summed E-state index contributed by atoms with van der Waals surface area (Å²) >= 11 is 1.49. The van der Waals surface area contributed by atoms with Gasteiger partial charge in [0.05, 0.1) is 11.3 Å². The lowest BCUT2D eigenvalue weighted by Crippen LogP contribution is -2.06. The first-order chi connectivity index (χ1) is 15.5. The zero-order valence-corrected chi connectivity index (χ0v) is 19.0. The van der Waals surface area contributed by atoms with E-state index in [1.807, 2.05) is 47.8 Å². The summed E-state index contributed by atoms with van der Waals surface area (Å²) in [6.07, 6.45) is 5.24. The summed E-state index contributed by atoms with van der Waals surface area (Å²) in [4.78, 5) is 29.0. The van der Waals surface area contributed by atoms with Gasteiger partial charge in [0.2, 0.25) is 0 Å². The van der Waals surface area contributed by atoms with E-state index in [0.29, 0.717) is 22.6 Å². The largest absolute Gasteiger partial charge is 0.426 e. The van der Waals surface area contributed by atoms with E-state index in [1.165, 1.54) is 24.7 Å². The van der Waals surface area contributed by atoms with Crippen LogP contribution in [0.5, 0.6) is 5.75 Å². The fraction of sp³-hybridized carbons (Fsp3) is 0.269. The van der Waals surface area contributed by atoms with Crippen LogP contribution in [0.3, 0.4) is 0 Å². The SMILES string of the molecule is CCCCCCc1cc2cc(-c3csc(-c4ccccc4)n3)c(=O)oc2cc1OC(C)=O. The average molecular weight is 448 g/mol. The van der Waals surface area contributed by atoms with Crippen LogP contribution in [0.4, 0.5) is 0 Å². The van der Waals surface area contributed by atoms with Crippen molar-refractivity contribution in [2.45, 2.75) is 46.0 Å². The molecular formula is C26H25NO4S. The Morgan fingerprint density at radius 2 is 1.91 bits per heavy atom. The number of aryl methyl sites for hydroxylation is 1. The van der Waals surface area contributed by atoms with E-state index >= 15 is 0 Å². The van der Waals surface area contributed by atoms with Gasteiger partial charge >= 0.3 is 11.6 Å². The molecule has 0 spiro atoms. The Morgan fingerprint density at radius 3 is 2.66 bits per heavy atom. The molecule has 0 amide bonds. The molecule has 0 N–H and O–H groups in total. The van der Waals surface area contributed by atoms with Crippen molar-refractivity contribution in [2.24, 2.45) is 0 Å². The van der Waals surface area contributed by atoms with Crippen molar-refractivity contribution in [3.8, 4) is 27.6 Å². The third kappa shape index (κ3) is 4.97. The maximum Gasteiger partial charge on any atom is 0.345 e. The van der Waals surface area contributed by atoms with Crippen LogP contribution in [-0.4, -0.2) is 11.0 Å². The molecular weight excluding hydrogens is 422 g/mol. The van der Waals surface area contributed by atoms with Crippen molar-refractivity contribution in [3.63, 3.8) is 0 Å². The monoisotopic (exact) mass is 447 g/mol. The molecule has 0 fully saturated rings. The van der Waals surface area contributed by atoms with E-state index in [-0.39, 0.29) is 0 Å². The molecule has 2 aromatic heterocycles. The lowest BCUT2D eigenvalue weighted by Gasteiger charge is -2.11. The van der Waals surface area contributed by atoms with Crippen molar-refractivity contribution < 1.29 is 13.9 Å². The molecule has 0 aliphatic rings. The number of nitrogens with zero attached hydrogens (tertiary/aromatic N) is 1. The number of hydrogen-bond donors (Lipinski definition) is 0. The number of rotatable bonds is 8. The quantitative estimate of drug-likeness (QED) is 0.131. The van der Waals surface area contributed by atoms with Crippen LogP contribution in [-0.2, 0) is 11.2 Å². The van der Waals surface area contributed by atoms with E-state index in [2.05, 4.69) is 11.9 Å². The van der Waals surface area contributed by atoms with E-state index < -0.39 is 11.6 Å². The van der Waals surface area contributed by atoms with Crippen molar-refractivity contribution in [2.75, 3.05) is 0 Å². The van der Waals surface area contributed by atoms with E-state index in [0.717, 1.165) is 47.2 Å². The van der Waals surface area contributed by atoms with Gasteiger partial charge in [0.15, 0.2) is 0 Å². The average Bonchev–Trinajstić information content (AvgIpc) is 3.27. The van der Waals surface area contributed by atoms with Gasteiger partial charge in [-0.25, -0.2) is 9.78 Å². The predicted octanol–water partition coefficient (Wildman–Crippen LogP) is 6.63. The van der Waals surface area contributed by atoms with Gasteiger partial charge in [0, 0.05) is 29.3 Å². The molecule has 2 heterocycles. The summed E-state index contributed by atoms with van der Waals surface area (Å²) in [5.74, 6) is 0.0615. The molecule has 4 aromatic rings. The Labute approximate surface area is 190 Å². The van der Waals surface area contributed by atoms with E-state index in [9.17, 15) is 9.59 Å². The van der Waals surface area contributed by atoms with E-state index in [4.69, 9.17) is 9.15 Å². The zero-order valence-electron chi connectivity index (χ0n) is 18.2. The molecule has 0 aliphatic heterocycles. The third-order valence-electron chi connectivity index (χ3n) is 5.27. The molecule has 6 heteroatoms. The molecule has 0 bridgehead atoms. The number of thiazole rings is 1. The van der Waals surface area contributed by atoms with Gasteiger partial charge in [-0.1, -0.05) is 56.5 Å². The number of hydrogen-bond acceptors (Lipinski definition) is 6. The van der Waals surface area contributed by atoms with Gasteiger partial charge < -0.3 is 9.15 Å². The van der Waals surface area contributed by atoms with Crippen molar-refractivity contribution in [3.05, 3.63) is 69.9 Å². The van der Waals surface area contributed by atoms with Gasteiger partial charge in [-0.05, 0) is 30.5 Å². The summed E-state index contributed by atoms with van der Waals surface area (Å²) in [7, 11) is 0. The van der Waals surface area contributed by atoms with Gasteiger partial charge in [0.25, 0.3) is 0 Å². The molecule has 164 valence electrons. The number of carbonyl (C=O) groups excluding carboxylic acids is 1. The Hall–Kier alpha value is -3.25. The van der Waals surface area contributed by atoms with Gasteiger partial charge in [-0.3, -0.25) is 4.79 Å². The minimum absolute atomic E-state index is 0.394. The molecule has 0 saturated carbocycles. The van der Waals surface area contributed by atoms with Crippen LogP contribution in [0, 0.1) is 0 Å². The maximum absolute atomic E-state index is 12.7. The second-order valence-electron chi connectivity index (χ2n) is 7.75. The summed E-state index contributed by atoms with van der Waals surface area (Å²) in [5.41, 5.74) is 2.89. The van der Waals surface area contributed by atoms with Crippen LogP contribution in [0.2, 0.25) is 0 Å². The first-order valence-corrected chi connectivity index (χ1v) is 11.7. The van der Waals surface area contributed by atoms with Crippen LogP contribution >= 0.6 is 11.3 Å². The minimum Gasteiger partial charge on any atom is -0.426 e. The zero-order chi connectivity index (χ0) is 22.5. The van der Waals surface area contributed by atoms with Gasteiger partial charge in [-0.15, -0.1) is 11.3 Å². The molecule has 32 heavy (non-hydrogen) atoms. The molecule has 4 rings (SSSR count). The van der Waals surface area contributed by atoms with Crippen LogP contribution in [0.15, 0.2) is 63.1 Å². The number of carbonyl (C=O) groups is 1. The lowest BCUT2D eigenvalue weighted by atomic mass is 10.0. The second-order valence-corrected chi connectivity index (χ2v) is 8.61. The van der Waals surface area contributed by atoms with Crippen molar-refractivity contribution in [1.29, 1.82) is 0 Å². The van der Waals surface area contributed by atoms with Crippen LogP contribution < -0.4 is 10.4 Å². The highest BCUT2D eigenvalue weighted by Crippen LogP contribution is 2.31. The Kier molecular flexibility index (Phi) is 6.81. The third-order valence-corrected chi connectivity index (χ3v) is 6.16. The first kappa shape index (κ1) is 22.0. The number of aromatic nitrogens is 1. The Balaban J connectivity index is 1.72. The smallest absolute Gasteiger partial charge is 0.345 e. The number of esters is 1. The number of benzene rings is 2. The fourth-order valence-electron chi connectivity index (χ4n) is 3.67. The number of fused-ring (bicyclic) bond motifs is 1. The number of unbranched alkanes of at least 4 members (excludes halogenated alkanes) is 3. The summed E-state index contributed by atoms with van der Waals surface area (Å²) in [6, 6.07) is 15.3. The Morgan fingerprint density at radius 1 is 1.09 bits per heavy atom. The highest BCUT2D eigenvalue weighted by atomic mass is 32.1. The molecule has 0 radical (unpaired) electrons. The van der Waals surface area contributed by atoms with Crippen molar-refractivity contribution in [1.82, 2.24) is 4.98 Å². The van der Waals surface area contributed by atoms with Gasteiger partial charge in [0.1, 0.15) is 16.3 Å². The predicted molar refractivity (Wildman–Crippen MR) is 128 cm³/mol. The standard InChI is InChI=1S/C26H25NO4S/c1-3-4-5-7-12-19-13-20-14-21(26(29)31-24(20)15-23(19)30-17(2)28)22-16-32-25(27-22)18-10-8-6-9-11-18/h6,8-11,13-16H,3-5,7,12H2,1-2H3. The fourth-order valence-corrected chi connectivity index (χ4v) is 4.50. The van der Waals surface area contributed by atoms with Crippen LogP contribution in [0.25, 0.3) is 32.8 Å². The normalized spacial score (nSPS) is 11.1. The lowest BCUT2D eigenvalue weighted by molar-refractivity contribution is -0.131. The molecule has 0 saturated heterocycles. The number of ether oxygens (including phenoxy) is 1. The van der Waals surface area contributed by atoms with Crippen LogP contribution in [0.1, 0.15) is 45.1 Å². The highest BCUT2D eigenvalue weighted by molar-refractivity contribution is 7.13. The molecule has 0 unspecified atom stereocenters. The molecule has 0 atom stereocenters. The molecule has 2 aromatic carbocycles. The topological polar surface area (TPSA) is 69.4 Å². The second kappa shape index (κ2) is 9.92. The van der Waals surface area contributed by atoms with Gasteiger partial charge in [-0.2, -0.15) is 0 Å². The summed E-state index contributed by atoms with van der Waals surface area (Å²) < 4.78 is 11.0. The minimum atomic E-state index is -0.466. The van der Waals surface area contributed by atoms with Crippen molar-refractivity contribution >= 4 is 28.3 Å².